The molecule has 12 nitrogen and oxygen atoms in total. The number of nitrogens with one attached hydrogen (secondary N) is 2. The lowest BCUT2D eigenvalue weighted by Gasteiger charge is -2.51. The molecule has 5 aliphatic heterocycles. The minimum absolute atomic E-state index is 0.136. The van der Waals surface area contributed by atoms with Crippen molar-refractivity contribution in [3.05, 3.63) is 69.1 Å². The number of carbonyl (C=O) groups excluding carboxylic acids is 2. The third-order valence-corrected chi connectivity index (χ3v) is 11.3. The fraction of sp³-hybridized carbons (Fsp3) is 0.543. The Labute approximate surface area is 298 Å². The number of aromatic nitrogens is 3. The van der Waals surface area contributed by atoms with Gasteiger partial charge in [-0.1, -0.05) is 41.9 Å². The molecule has 1 unspecified atom stereocenters. The quantitative estimate of drug-likeness (QED) is 0.316. The molecular weight excluding hydrogens is 687 g/mol. The van der Waals surface area contributed by atoms with Crippen molar-refractivity contribution in [1.29, 1.82) is 0 Å². The van der Waals surface area contributed by atoms with E-state index in [9.17, 15) is 27.6 Å². The number of alkyl halides is 3. The zero-order chi connectivity index (χ0) is 35.9. The Morgan fingerprint density at radius 2 is 1.65 bits per heavy atom. The summed E-state index contributed by atoms with van der Waals surface area (Å²) in [4.78, 5) is 51.6. The molecule has 2 bridgehead atoms. The number of aromatic amines is 1. The molecule has 1 aromatic heterocycles. The lowest BCUT2D eigenvalue weighted by Crippen LogP contribution is -2.63. The van der Waals surface area contributed by atoms with Gasteiger partial charge in [-0.2, -0.15) is 13.2 Å². The van der Waals surface area contributed by atoms with E-state index in [1.54, 1.807) is 9.80 Å². The van der Waals surface area contributed by atoms with E-state index in [-0.39, 0.29) is 34.6 Å². The predicted molar refractivity (Wildman–Crippen MR) is 186 cm³/mol. The number of benzene rings is 2. The predicted octanol–water partition coefficient (Wildman–Crippen LogP) is 3.69. The molecule has 4 N–H and O–H groups in total. The van der Waals surface area contributed by atoms with E-state index in [4.69, 9.17) is 17.3 Å². The Morgan fingerprint density at radius 1 is 0.961 bits per heavy atom. The number of rotatable bonds is 7. The van der Waals surface area contributed by atoms with E-state index in [1.165, 1.54) is 23.6 Å². The maximum absolute atomic E-state index is 14.1. The van der Waals surface area contributed by atoms with Crippen molar-refractivity contribution in [1.82, 2.24) is 39.7 Å². The van der Waals surface area contributed by atoms with Gasteiger partial charge in [0.1, 0.15) is 6.04 Å². The van der Waals surface area contributed by atoms with Gasteiger partial charge >= 0.3 is 17.9 Å². The lowest BCUT2D eigenvalue weighted by molar-refractivity contribution is -0.137. The SMILES string of the molecule is Nc1c(Cl)cc(C[C@@H](NC(=O)N2CCC(n3nc(-c4ccccc4)[nH]c3=O)CC2)C(=O)N2CCN(C3CN4CCC3CC4)CC2)cc1C(F)(F)F. The first-order valence-corrected chi connectivity index (χ1v) is 18.0. The number of piperidine rings is 4. The molecule has 2 atom stereocenters. The molecule has 0 spiro atoms. The fourth-order valence-corrected chi connectivity index (χ4v) is 8.41. The lowest BCUT2D eigenvalue weighted by atomic mass is 9.83. The van der Waals surface area contributed by atoms with Crippen molar-refractivity contribution in [3.63, 3.8) is 0 Å². The van der Waals surface area contributed by atoms with Gasteiger partial charge in [-0.25, -0.2) is 14.3 Å². The summed E-state index contributed by atoms with van der Waals surface area (Å²) in [6.45, 7) is 6.21. The summed E-state index contributed by atoms with van der Waals surface area (Å²) < 4.78 is 42.9. The molecule has 2 aromatic carbocycles. The Morgan fingerprint density at radius 3 is 2.27 bits per heavy atom. The second-order valence-electron chi connectivity index (χ2n) is 14.1. The summed E-state index contributed by atoms with van der Waals surface area (Å²) in [5.74, 6) is 0.761. The molecule has 3 aromatic rings. The van der Waals surface area contributed by atoms with Crippen LogP contribution in [0, 0.1) is 5.92 Å². The summed E-state index contributed by atoms with van der Waals surface area (Å²) in [6, 6.07) is 10.1. The van der Waals surface area contributed by atoms with Gasteiger partial charge in [0.15, 0.2) is 5.82 Å². The van der Waals surface area contributed by atoms with E-state index in [2.05, 4.69) is 25.2 Å². The minimum atomic E-state index is -4.75. The smallest absolute Gasteiger partial charge is 0.397 e. The van der Waals surface area contributed by atoms with Gasteiger partial charge in [0.05, 0.1) is 22.3 Å². The zero-order valence-corrected chi connectivity index (χ0v) is 29.0. The van der Waals surface area contributed by atoms with Crippen LogP contribution in [0.5, 0.6) is 0 Å². The molecule has 0 aliphatic carbocycles. The second kappa shape index (κ2) is 14.5. The summed E-state index contributed by atoms with van der Waals surface area (Å²) in [5, 5.41) is 7.07. The average Bonchev–Trinajstić information content (AvgIpc) is 3.54. The summed E-state index contributed by atoms with van der Waals surface area (Å²) >= 11 is 6.14. The molecule has 5 saturated heterocycles. The van der Waals surface area contributed by atoms with Crippen molar-refractivity contribution >= 4 is 29.2 Å². The van der Waals surface area contributed by atoms with Crippen molar-refractivity contribution in [2.24, 2.45) is 5.92 Å². The number of H-pyrrole nitrogens is 1. The minimum Gasteiger partial charge on any atom is -0.397 e. The number of fused-ring (bicyclic) bond motifs is 3. The molecule has 274 valence electrons. The molecule has 0 radical (unpaired) electrons. The Kier molecular flexibility index (Phi) is 10.0. The molecule has 8 rings (SSSR count). The second-order valence-corrected chi connectivity index (χ2v) is 14.5. The first kappa shape index (κ1) is 35.3. The van der Waals surface area contributed by atoms with Gasteiger partial charge in [0, 0.05) is 63.8 Å². The van der Waals surface area contributed by atoms with Gasteiger partial charge in [-0.3, -0.25) is 14.7 Å². The molecular formula is C35H43ClF3N9O3. The third kappa shape index (κ3) is 7.61. The van der Waals surface area contributed by atoms with Crippen LogP contribution < -0.4 is 16.7 Å². The summed E-state index contributed by atoms with van der Waals surface area (Å²) in [7, 11) is 0. The van der Waals surface area contributed by atoms with E-state index < -0.39 is 29.5 Å². The number of halogens is 4. The number of carbonyl (C=O) groups is 2. The number of nitrogens with zero attached hydrogens (tertiary/aromatic N) is 6. The van der Waals surface area contributed by atoms with Crippen LogP contribution in [0.15, 0.2) is 47.3 Å². The summed E-state index contributed by atoms with van der Waals surface area (Å²) in [5.41, 5.74) is 4.59. The number of hydrogen-bond donors (Lipinski definition) is 3. The zero-order valence-electron chi connectivity index (χ0n) is 28.2. The number of nitrogens with two attached hydrogens (primary N) is 1. The monoisotopic (exact) mass is 729 g/mol. The fourth-order valence-electron chi connectivity index (χ4n) is 8.17. The topological polar surface area (TPSA) is 136 Å². The number of likely N-dealkylation sites (tertiary alicyclic amines) is 1. The highest BCUT2D eigenvalue weighted by molar-refractivity contribution is 6.33. The normalized spacial score (nSPS) is 23.7. The molecule has 5 fully saturated rings. The van der Waals surface area contributed by atoms with Gasteiger partial charge < -0.3 is 25.8 Å². The molecule has 6 heterocycles. The highest BCUT2D eigenvalue weighted by atomic mass is 35.5. The van der Waals surface area contributed by atoms with Crippen molar-refractivity contribution in [3.8, 4) is 11.4 Å². The Hall–Kier alpha value is -4.08. The molecule has 5 aliphatic rings. The van der Waals surface area contributed by atoms with E-state index in [0.29, 0.717) is 69.9 Å². The van der Waals surface area contributed by atoms with Crippen LogP contribution in [0.4, 0.5) is 23.7 Å². The maximum atomic E-state index is 14.1. The van der Waals surface area contributed by atoms with Crippen LogP contribution in [0.25, 0.3) is 11.4 Å². The number of hydrogen-bond acceptors (Lipinski definition) is 7. The highest BCUT2D eigenvalue weighted by Crippen LogP contribution is 2.38. The first-order valence-electron chi connectivity index (χ1n) is 17.6. The van der Waals surface area contributed by atoms with Crippen molar-refractivity contribution in [2.45, 2.75) is 56.4 Å². The maximum Gasteiger partial charge on any atom is 0.418 e. The number of urea groups is 1. The van der Waals surface area contributed by atoms with Gasteiger partial charge in [0.25, 0.3) is 0 Å². The van der Waals surface area contributed by atoms with Crippen LogP contribution in [0.2, 0.25) is 5.02 Å². The van der Waals surface area contributed by atoms with Gasteiger partial charge in [0.2, 0.25) is 5.91 Å². The Bertz CT molecular complexity index is 1780. The number of amides is 3. The molecule has 51 heavy (non-hydrogen) atoms. The summed E-state index contributed by atoms with van der Waals surface area (Å²) in [6.07, 6.45) is -1.67. The van der Waals surface area contributed by atoms with Crippen LogP contribution in [0.3, 0.4) is 0 Å². The Balaban J connectivity index is 1.04. The number of nitrogen functional groups attached to an aromatic ring is 1. The number of anilines is 1. The van der Waals surface area contributed by atoms with Crippen LogP contribution in [-0.2, 0) is 17.4 Å². The standard InChI is InChI=1S/C35H43ClF3N9O3/c36-27-19-22(18-26(30(27)40)35(37,38)39)20-28(32(49)46-16-14-45(15-17-46)29-21-44-10-6-23(29)7-11-44)41-33(50)47-12-8-25(9-13-47)48-34(51)42-31(43-48)24-4-2-1-3-5-24/h1-5,18-19,23,25,28-29H,6-17,20-21,40H2,(H,41,50)(H,42,43,51)/t28-,29?/m1/s1. The van der Waals surface area contributed by atoms with E-state index >= 15 is 0 Å². The molecule has 3 amide bonds. The van der Waals surface area contributed by atoms with E-state index in [0.717, 1.165) is 31.3 Å². The van der Waals surface area contributed by atoms with Gasteiger partial charge in [-0.15, -0.1) is 5.10 Å². The van der Waals surface area contributed by atoms with Crippen LogP contribution in [-0.4, -0.2) is 117 Å². The van der Waals surface area contributed by atoms with Crippen LogP contribution in [0.1, 0.15) is 42.9 Å². The van der Waals surface area contributed by atoms with Crippen LogP contribution >= 0.6 is 11.6 Å². The largest absolute Gasteiger partial charge is 0.418 e. The average molecular weight is 730 g/mol. The molecule has 16 heteroatoms. The third-order valence-electron chi connectivity index (χ3n) is 11.0. The first-order chi connectivity index (χ1) is 24.4. The van der Waals surface area contributed by atoms with Gasteiger partial charge in [-0.05, 0) is 62.4 Å². The van der Waals surface area contributed by atoms with Crippen molar-refractivity contribution in [2.75, 3.05) is 64.6 Å². The van der Waals surface area contributed by atoms with Crippen molar-refractivity contribution < 1.29 is 22.8 Å². The highest BCUT2D eigenvalue weighted by Gasteiger charge is 2.40. The number of piperazine rings is 1. The molecule has 0 saturated carbocycles. The van der Waals surface area contributed by atoms with E-state index in [1.807, 2.05) is 30.3 Å².